The SMILES string of the molecule is Cc1ccc(S(=O)(=O)NC2CCOCC2)c(N)c1. The van der Waals surface area contributed by atoms with Gasteiger partial charge in [-0.3, -0.25) is 0 Å². The molecule has 1 heterocycles. The van der Waals surface area contributed by atoms with Gasteiger partial charge in [-0.1, -0.05) is 6.07 Å². The smallest absolute Gasteiger partial charge is 0.242 e. The maximum atomic E-state index is 12.2. The molecule has 1 aliphatic heterocycles. The Bertz CT molecular complexity index is 522. The molecule has 0 unspecified atom stereocenters. The number of sulfonamides is 1. The van der Waals surface area contributed by atoms with Crippen molar-refractivity contribution in [2.24, 2.45) is 0 Å². The molecule has 1 aliphatic rings. The summed E-state index contributed by atoms with van der Waals surface area (Å²) in [7, 11) is -3.54. The molecule has 0 bridgehead atoms. The molecule has 6 heteroatoms. The van der Waals surface area contributed by atoms with E-state index in [2.05, 4.69) is 4.72 Å². The number of nitrogens with one attached hydrogen (secondary N) is 1. The summed E-state index contributed by atoms with van der Waals surface area (Å²) in [5, 5.41) is 0. The van der Waals surface area contributed by atoms with Crippen LogP contribution in [0.5, 0.6) is 0 Å². The minimum atomic E-state index is -3.54. The maximum Gasteiger partial charge on any atom is 0.242 e. The quantitative estimate of drug-likeness (QED) is 0.804. The van der Waals surface area contributed by atoms with Crippen LogP contribution in [0.2, 0.25) is 0 Å². The van der Waals surface area contributed by atoms with Crippen molar-refractivity contribution in [3.63, 3.8) is 0 Å². The normalized spacial score (nSPS) is 17.8. The molecule has 0 atom stereocenters. The predicted octanol–water partition coefficient (Wildman–Crippen LogP) is 1.03. The van der Waals surface area contributed by atoms with E-state index >= 15 is 0 Å². The van der Waals surface area contributed by atoms with Crippen molar-refractivity contribution in [1.29, 1.82) is 0 Å². The van der Waals surface area contributed by atoms with Gasteiger partial charge >= 0.3 is 0 Å². The first-order valence-corrected chi connectivity index (χ1v) is 7.43. The summed E-state index contributed by atoms with van der Waals surface area (Å²) in [6, 6.07) is 4.89. The Labute approximate surface area is 107 Å². The second-order valence-corrected chi connectivity index (χ2v) is 6.23. The largest absolute Gasteiger partial charge is 0.398 e. The molecule has 1 aromatic carbocycles. The summed E-state index contributed by atoms with van der Waals surface area (Å²) >= 11 is 0. The molecule has 1 aromatic rings. The Morgan fingerprint density at radius 3 is 2.61 bits per heavy atom. The van der Waals surface area contributed by atoms with E-state index in [1.54, 1.807) is 18.2 Å². The fraction of sp³-hybridized carbons (Fsp3) is 0.500. The van der Waals surface area contributed by atoms with E-state index in [9.17, 15) is 8.42 Å². The Morgan fingerprint density at radius 2 is 2.00 bits per heavy atom. The second-order valence-electron chi connectivity index (χ2n) is 4.55. The molecule has 1 saturated heterocycles. The topological polar surface area (TPSA) is 81.4 Å². The van der Waals surface area contributed by atoms with Crippen LogP contribution in [-0.4, -0.2) is 27.7 Å². The van der Waals surface area contributed by atoms with Crippen LogP contribution in [-0.2, 0) is 14.8 Å². The van der Waals surface area contributed by atoms with Gasteiger partial charge in [-0.25, -0.2) is 13.1 Å². The van der Waals surface area contributed by atoms with Crippen LogP contribution in [0.3, 0.4) is 0 Å². The maximum absolute atomic E-state index is 12.2. The standard InChI is InChI=1S/C12H18N2O3S/c1-9-2-3-12(11(13)8-9)18(15,16)14-10-4-6-17-7-5-10/h2-3,8,10,14H,4-7,13H2,1H3. The van der Waals surface area contributed by atoms with Crippen LogP contribution < -0.4 is 10.5 Å². The summed E-state index contributed by atoms with van der Waals surface area (Å²) in [5.74, 6) is 0. The Balaban J connectivity index is 2.19. The lowest BCUT2D eigenvalue weighted by molar-refractivity contribution is 0.0832. The number of nitrogens with two attached hydrogens (primary N) is 1. The number of rotatable bonds is 3. The molecule has 5 nitrogen and oxygen atoms in total. The first-order valence-electron chi connectivity index (χ1n) is 5.95. The lowest BCUT2D eigenvalue weighted by atomic mass is 10.1. The number of hydrogen-bond acceptors (Lipinski definition) is 4. The van der Waals surface area contributed by atoms with Crippen molar-refractivity contribution in [2.75, 3.05) is 18.9 Å². The van der Waals surface area contributed by atoms with Gasteiger partial charge in [0.25, 0.3) is 0 Å². The van der Waals surface area contributed by atoms with Gasteiger partial charge in [-0.15, -0.1) is 0 Å². The molecule has 18 heavy (non-hydrogen) atoms. The van der Waals surface area contributed by atoms with Crippen molar-refractivity contribution in [3.05, 3.63) is 23.8 Å². The zero-order valence-electron chi connectivity index (χ0n) is 10.3. The third kappa shape index (κ3) is 3.01. The van der Waals surface area contributed by atoms with Gasteiger partial charge in [-0.05, 0) is 37.5 Å². The number of hydrogen-bond donors (Lipinski definition) is 2. The average Bonchev–Trinajstić information content (AvgIpc) is 2.29. The fourth-order valence-electron chi connectivity index (χ4n) is 2.01. The zero-order chi connectivity index (χ0) is 13.2. The Morgan fingerprint density at radius 1 is 1.33 bits per heavy atom. The van der Waals surface area contributed by atoms with E-state index in [4.69, 9.17) is 10.5 Å². The molecule has 0 saturated carbocycles. The molecule has 0 aliphatic carbocycles. The van der Waals surface area contributed by atoms with Crippen molar-refractivity contribution in [2.45, 2.75) is 30.7 Å². The van der Waals surface area contributed by atoms with Crippen molar-refractivity contribution in [3.8, 4) is 0 Å². The van der Waals surface area contributed by atoms with Gasteiger partial charge < -0.3 is 10.5 Å². The van der Waals surface area contributed by atoms with Crippen LogP contribution in [0.25, 0.3) is 0 Å². The van der Waals surface area contributed by atoms with Gasteiger partial charge in [0.1, 0.15) is 4.90 Å². The monoisotopic (exact) mass is 270 g/mol. The summed E-state index contributed by atoms with van der Waals surface area (Å²) in [5.41, 5.74) is 7.00. The van der Waals surface area contributed by atoms with Crippen LogP contribution in [0.1, 0.15) is 18.4 Å². The third-order valence-electron chi connectivity index (χ3n) is 3.00. The van der Waals surface area contributed by atoms with Crippen LogP contribution in [0.4, 0.5) is 5.69 Å². The van der Waals surface area contributed by atoms with Gasteiger partial charge in [0.2, 0.25) is 10.0 Å². The zero-order valence-corrected chi connectivity index (χ0v) is 11.2. The predicted molar refractivity (Wildman–Crippen MR) is 69.8 cm³/mol. The molecule has 0 radical (unpaired) electrons. The first kappa shape index (κ1) is 13.3. The third-order valence-corrected chi connectivity index (χ3v) is 4.59. The lowest BCUT2D eigenvalue weighted by Crippen LogP contribution is -2.39. The summed E-state index contributed by atoms with van der Waals surface area (Å²) in [4.78, 5) is 0.152. The van der Waals surface area contributed by atoms with Crippen LogP contribution in [0, 0.1) is 6.92 Å². The van der Waals surface area contributed by atoms with Gasteiger partial charge in [0.15, 0.2) is 0 Å². The van der Waals surface area contributed by atoms with Crippen molar-refractivity contribution in [1.82, 2.24) is 4.72 Å². The second kappa shape index (κ2) is 5.26. The van der Waals surface area contributed by atoms with Gasteiger partial charge in [-0.2, -0.15) is 0 Å². The first-order chi connectivity index (χ1) is 8.49. The summed E-state index contributed by atoms with van der Waals surface area (Å²) < 4.78 is 32.3. The van der Waals surface area contributed by atoms with Crippen LogP contribution >= 0.6 is 0 Å². The number of ether oxygens (including phenoxy) is 1. The van der Waals surface area contributed by atoms with Gasteiger partial charge in [0.05, 0.1) is 5.69 Å². The molecule has 0 aromatic heterocycles. The van der Waals surface area contributed by atoms with E-state index < -0.39 is 10.0 Å². The number of benzene rings is 1. The average molecular weight is 270 g/mol. The van der Waals surface area contributed by atoms with E-state index in [0.717, 1.165) is 5.56 Å². The van der Waals surface area contributed by atoms with E-state index in [0.29, 0.717) is 26.1 Å². The highest BCUT2D eigenvalue weighted by molar-refractivity contribution is 7.89. The molecule has 0 spiro atoms. The molecular formula is C12H18N2O3S. The van der Waals surface area contributed by atoms with E-state index in [1.807, 2.05) is 6.92 Å². The van der Waals surface area contributed by atoms with Gasteiger partial charge in [0, 0.05) is 19.3 Å². The Hall–Kier alpha value is -1.11. The minimum absolute atomic E-state index is 0.0653. The molecule has 1 fully saturated rings. The molecule has 2 rings (SSSR count). The number of nitrogen functional groups attached to an aromatic ring is 1. The highest BCUT2D eigenvalue weighted by Crippen LogP contribution is 2.20. The fourth-order valence-corrected chi connectivity index (χ4v) is 3.43. The molecular weight excluding hydrogens is 252 g/mol. The summed E-state index contributed by atoms with van der Waals surface area (Å²) in [6.45, 7) is 3.06. The number of anilines is 1. The molecule has 100 valence electrons. The lowest BCUT2D eigenvalue weighted by Gasteiger charge is -2.23. The summed E-state index contributed by atoms with van der Waals surface area (Å²) in [6.07, 6.45) is 1.40. The highest BCUT2D eigenvalue weighted by Gasteiger charge is 2.23. The molecule has 0 amide bonds. The van der Waals surface area contributed by atoms with Crippen molar-refractivity contribution < 1.29 is 13.2 Å². The highest BCUT2D eigenvalue weighted by atomic mass is 32.2. The van der Waals surface area contributed by atoms with Crippen molar-refractivity contribution >= 4 is 15.7 Å². The Kier molecular flexibility index (Phi) is 3.89. The minimum Gasteiger partial charge on any atom is -0.398 e. The molecule has 3 N–H and O–H groups in total. The van der Waals surface area contributed by atoms with E-state index in [1.165, 1.54) is 0 Å². The van der Waals surface area contributed by atoms with E-state index in [-0.39, 0.29) is 16.6 Å². The van der Waals surface area contributed by atoms with Crippen LogP contribution in [0.15, 0.2) is 23.1 Å². The number of aryl methyl sites for hydroxylation is 1.